The molecule has 0 unspecified atom stereocenters. The maximum absolute atomic E-state index is 12.6. The molecule has 1 aliphatic heterocycles. The van der Waals surface area contributed by atoms with E-state index in [1.165, 1.54) is 5.56 Å². The number of amides is 1. The van der Waals surface area contributed by atoms with Crippen molar-refractivity contribution in [2.45, 2.75) is 13.5 Å². The summed E-state index contributed by atoms with van der Waals surface area (Å²) in [5.41, 5.74) is 2.34. The van der Waals surface area contributed by atoms with Gasteiger partial charge in [-0.05, 0) is 24.6 Å². The molecule has 7 heteroatoms. The van der Waals surface area contributed by atoms with Gasteiger partial charge in [0.15, 0.2) is 5.69 Å². The average Bonchev–Trinajstić information content (AvgIpc) is 2.82. The van der Waals surface area contributed by atoms with Crippen molar-refractivity contribution in [3.63, 3.8) is 0 Å². The Bertz CT molecular complexity index is 751. The number of benzene rings is 1. The summed E-state index contributed by atoms with van der Waals surface area (Å²) in [7, 11) is 1.79. The predicted octanol–water partition coefficient (Wildman–Crippen LogP) is 2.99. The first-order chi connectivity index (χ1) is 11.5. The number of hydrogen-bond acceptors (Lipinski definition) is 3. The molecule has 1 aromatic carbocycles. The van der Waals surface area contributed by atoms with Gasteiger partial charge in [-0.2, -0.15) is 5.10 Å². The van der Waals surface area contributed by atoms with Gasteiger partial charge >= 0.3 is 0 Å². The van der Waals surface area contributed by atoms with Gasteiger partial charge in [-0.15, -0.1) is 0 Å². The summed E-state index contributed by atoms with van der Waals surface area (Å²) in [4.78, 5) is 16.8. The van der Waals surface area contributed by atoms with E-state index < -0.39 is 0 Å². The quantitative estimate of drug-likeness (QED) is 0.838. The first kappa shape index (κ1) is 17.3. The molecule has 0 saturated carbocycles. The molecule has 1 fully saturated rings. The highest BCUT2D eigenvalue weighted by atomic mass is 35.5. The van der Waals surface area contributed by atoms with Gasteiger partial charge in [-0.25, -0.2) is 0 Å². The van der Waals surface area contributed by atoms with Crippen LogP contribution in [-0.4, -0.2) is 51.7 Å². The van der Waals surface area contributed by atoms with Crippen LogP contribution in [0, 0.1) is 6.92 Å². The Kier molecular flexibility index (Phi) is 5.13. The van der Waals surface area contributed by atoms with Crippen LogP contribution in [0.5, 0.6) is 0 Å². The van der Waals surface area contributed by atoms with Crippen molar-refractivity contribution in [2.75, 3.05) is 26.2 Å². The second-order valence-corrected chi connectivity index (χ2v) is 6.88. The van der Waals surface area contributed by atoms with Gasteiger partial charge in [0.1, 0.15) is 0 Å². The second kappa shape index (κ2) is 7.13. The summed E-state index contributed by atoms with van der Waals surface area (Å²) in [6.07, 6.45) is 0. The molecular weight excluding hydrogens is 347 g/mol. The topological polar surface area (TPSA) is 41.4 Å². The molecule has 5 nitrogen and oxygen atoms in total. The molecule has 1 saturated heterocycles. The predicted molar refractivity (Wildman–Crippen MR) is 95.6 cm³/mol. The van der Waals surface area contributed by atoms with E-state index in [0.717, 1.165) is 30.4 Å². The van der Waals surface area contributed by atoms with Crippen LogP contribution in [0.1, 0.15) is 21.7 Å². The van der Waals surface area contributed by atoms with Crippen molar-refractivity contribution in [1.82, 2.24) is 19.6 Å². The van der Waals surface area contributed by atoms with Gasteiger partial charge in [0.2, 0.25) is 0 Å². The fourth-order valence-corrected chi connectivity index (χ4v) is 3.33. The van der Waals surface area contributed by atoms with Crippen LogP contribution >= 0.6 is 23.2 Å². The van der Waals surface area contributed by atoms with Crippen LogP contribution in [0.4, 0.5) is 0 Å². The Morgan fingerprint density at radius 3 is 2.50 bits per heavy atom. The highest BCUT2D eigenvalue weighted by molar-refractivity contribution is 6.34. The lowest BCUT2D eigenvalue weighted by Gasteiger charge is -2.34. The molecule has 0 N–H and O–H groups in total. The summed E-state index contributed by atoms with van der Waals surface area (Å²) < 4.78 is 1.64. The molecule has 0 atom stereocenters. The molecule has 2 heterocycles. The number of carbonyl (C=O) groups is 1. The minimum absolute atomic E-state index is 0.0916. The molecule has 128 valence electrons. The van der Waals surface area contributed by atoms with Gasteiger partial charge < -0.3 is 4.90 Å². The fourth-order valence-electron chi connectivity index (χ4n) is 2.87. The molecule has 1 aliphatic rings. The molecule has 0 bridgehead atoms. The molecule has 0 spiro atoms. The van der Waals surface area contributed by atoms with Crippen LogP contribution in [0.25, 0.3) is 0 Å². The van der Waals surface area contributed by atoms with Gasteiger partial charge in [-0.3, -0.25) is 14.4 Å². The van der Waals surface area contributed by atoms with E-state index in [0.29, 0.717) is 23.8 Å². The number of carbonyl (C=O) groups excluding carboxylic acids is 1. The molecule has 3 rings (SSSR count). The number of halogens is 2. The summed E-state index contributed by atoms with van der Waals surface area (Å²) in [5.74, 6) is -0.0916. The van der Waals surface area contributed by atoms with Gasteiger partial charge in [0.25, 0.3) is 5.91 Å². The average molecular weight is 367 g/mol. The molecule has 2 aromatic rings. The van der Waals surface area contributed by atoms with Crippen molar-refractivity contribution in [3.05, 3.63) is 51.3 Å². The summed E-state index contributed by atoms with van der Waals surface area (Å²) in [5, 5.41) is 5.45. The fraction of sp³-hybridized carbons (Fsp3) is 0.412. The van der Waals surface area contributed by atoms with Crippen molar-refractivity contribution in [3.8, 4) is 0 Å². The maximum Gasteiger partial charge on any atom is 0.276 e. The highest BCUT2D eigenvalue weighted by Gasteiger charge is 2.26. The highest BCUT2D eigenvalue weighted by Crippen LogP contribution is 2.21. The monoisotopic (exact) mass is 366 g/mol. The number of nitrogens with zero attached hydrogens (tertiary/aromatic N) is 4. The van der Waals surface area contributed by atoms with E-state index in [2.05, 4.69) is 16.1 Å². The zero-order valence-electron chi connectivity index (χ0n) is 13.8. The Morgan fingerprint density at radius 1 is 1.21 bits per heavy atom. The number of piperazine rings is 1. The van der Waals surface area contributed by atoms with Crippen molar-refractivity contribution < 1.29 is 4.79 Å². The third-order valence-electron chi connectivity index (χ3n) is 4.42. The first-order valence-corrected chi connectivity index (χ1v) is 8.66. The van der Waals surface area contributed by atoms with Crippen LogP contribution in [0.15, 0.2) is 24.3 Å². The largest absolute Gasteiger partial charge is 0.335 e. The molecule has 1 aromatic heterocycles. The van der Waals surface area contributed by atoms with Crippen molar-refractivity contribution >= 4 is 29.1 Å². The van der Waals surface area contributed by atoms with Crippen LogP contribution in [0.2, 0.25) is 10.0 Å². The second-order valence-electron chi connectivity index (χ2n) is 6.07. The van der Waals surface area contributed by atoms with Crippen LogP contribution < -0.4 is 0 Å². The number of aromatic nitrogens is 2. The lowest BCUT2D eigenvalue weighted by molar-refractivity contribution is 0.0622. The van der Waals surface area contributed by atoms with Gasteiger partial charge in [0.05, 0.1) is 10.7 Å². The number of rotatable bonds is 3. The zero-order valence-corrected chi connectivity index (χ0v) is 15.3. The van der Waals surface area contributed by atoms with E-state index in [1.54, 1.807) is 11.7 Å². The summed E-state index contributed by atoms with van der Waals surface area (Å²) in [6, 6.07) is 7.89. The van der Waals surface area contributed by atoms with Gasteiger partial charge in [-0.1, -0.05) is 35.3 Å². The third kappa shape index (κ3) is 3.58. The Hall–Kier alpha value is -1.56. The standard InChI is InChI=1S/C17H20Cl2N4O/c1-12-15(19)16(20-21(12)2)17(24)23-8-6-22(7-9-23)11-13-4-3-5-14(18)10-13/h3-5,10H,6-9,11H2,1-2H3. The van der Waals surface area contributed by atoms with E-state index in [4.69, 9.17) is 23.2 Å². The summed E-state index contributed by atoms with van der Waals surface area (Å²) >= 11 is 12.3. The van der Waals surface area contributed by atoms with E-state index in [9.17, 15) is 4.79 Å². The molecule has 1 amide bonds. The smallest absolute Gasteiger partial charge is 0.276 e. The lowest BCUT2D eigenvalue weighted by atomic mass is 10.2. The number of aryl methyl sites for hydroxylation is 1. The first-order valence-electron chi connectivity index (χ1n) is 7.91. The lowest BCUT2D eigenvalue weighted by Crippen LogP contribution is -2.48. The van der Waals surface area contributed by atoms with Gasteiger partial charge in [0, 0.05) is 44.8 Å². The number of hydrogen-bond donors (Lipinski definition) is 0. The Morgan fingerprint density at radius 2 is 1.92 bits per heavy atom. The maximum atomic E-state index is 12.6. The Labute approximate surface area is 151 Å². The Balaban J connectivity index is 1.60. The molecule has 24 heavy (non-hydrogen) atoms. The van der Waals surface area contributed by atoms with E-state index >= 15 is 0 Å². The zero-order chi connectivity index (χ0) is 17.3. The third-order valence-corrected chi connectivity index (χ3v) is 5.11. The minimum atomic E-state index is -0.0916. The molecular formula is C17H20Cl2N4O. The normalized spacial score (nSPS) is 15.8. The molecule has 0 radical (unpaired) electrons. The molecule has 0 aliphatic carbocycles. The van der Waals surface area contributed by atoms with Crippen LogP contribution in [-0.2, 0) is 13.6 Å². The minimum Gasteiger partial charge on any atom is -0.335 e. The van der Waals surface area contributed by atoms with Crippen LogP contribution in [0.3, 0.4) is 0 Å². The SMILES string of the molecule is Cc1c(Cl)c(C(=O)N2CCN(Cc3cccc(Cl)c3)CC2)nn1C. The van der Waals surface area contributed by atoms with E-state index in [1.807, 2.05) is 30.0 Å². The summed E-state index contributed by atoms with van der Waals surface area (Å²) in [6.45, 7) is 5.68. The van der Waals surface area contributed by atoms with Crippen molar-refractivity contribution in [2.24, 2.45) is 7.05 Å². The van der Waals surface area contributed by atoms with E-state index in [-0.39, 0.29) is 5.91 Å². The van der Waals surface area contributed by atoms with Crippen molar-refractivity contribution in [1.29, 1.82) is 0 Å².